The zero-order valence-corrected chi connectivity index (χ0v) is 15.3. The van der Waals surface area contributed by atoms with Crippen LogP contribution in [0.2, 0.25) is 0 Å². The van der Waals surface area contributed by atoms with Gasteiger partial charge < -0.3 is 13.9 Å². The number of halogens is 1. The minimum atomic E-state index is -0.310. The number of nitrogens with zero attached hydrogens (tertiary/aromatic N) is 6. The van der Waals surface area contributed by atoms with E-state index in [-0.39, 0.29) is 11.7 Å². The number of hydrogen-bond acceptors (Lipinski definition) is 6. The number of fused-ring (bicyclic) bond motifs is 2. The fraction of sp³-hybridized carbons (Fsp3) is 0.400. The molecular weight excluding hydrogens is 359 g/mol. The van der Waals surface area contributed by atoms with Gasteiger partial charge in [0.15, 0.2) is 28.5 Å². The number of anilines is 1. The Balaban J connectivity index is 1.33. The molecule has 1 aromatic carbocycles. The third-order valence-electron chi connectivity index (χ3n) is 5.72. The van der Waals surface area contributed by atoms with Gasteiger partial charge in [0.25, 0.3) is 0 Å². The highest BCUT2D eigenvalue weighted by Crippen LogP contribution is 2.38. The molecule has 2 aliphatic rings. The van der Waals surface area contributed by atoms with E-state index < -0.39 is 0 Å². The Hall–Kier alpha value is -3.03. The van der Waals surface area contributed by atoms with Crippen molar-refractivity contribution in [2.24, 2.45) is 0 Å². The molecule has 1 saturated carbocycles. The molecule has 3 aromatic heterocycles. The molecule has 4 heterocycles. The van der Waals surface area contributed by atoms with Crippen molar-refractivity contribution in [2.45, 2.75) is 37.6 Å². The highest BCUT2D eigenvalue weighted by Gasteiger charge is 2.30. The average molecular weight is 378 g/mol. The van der Waals surface area contributed by atoms with E-state index in [1.165, 1.54) is 25.0 Å². The minimum absolute atomic E-state index is 0.139. The summed E-state index contributed by atoms with van der Waals surface area (Å²) in [4.78, 5) is 20.5. The highest BCUT2D eigenvalue weighted by atomic mass is 19.1. The first-order valence-electron chi connectivity index (χ1n) is 9.75. The maximum atomic E-state index is 13.5. The molecule has 1 unspecified atom stereocenters. The zero-order valence-electron chi connectivity index (χ0n) is 15.3. The van der Waals surface area contributed by atoms with Crippen LogP contribution in [0.3, 0.4) is 0 Å². The summed E-state index contributed by atoms with van der Waals surface area (Å²) in [6, 6.07) is 5.00. The van der Waals surface area contributed by atoms with Crippen LogP contribution in [-0.4, -0.2) is 37.6 Å². The van der Waals surface area contributed by atoms with E-state index in [0.717, 1.165) is 42.9 Å². The molecule has 1 aliphatic heterocycles. The SMILES string of the molecule is Fc1ccc2nc(C3CCCN(c4ncnc5c4ncn5C4CC4)C3)oc2c1. The highest BCUT2D eigenvalue weighted by molar-refractivity contribution is 5.83. The second-order valence-corrected chi connectivity index (χ2v) is 7.70. The van der Waals surface area contributed by atoms with E-state index in [9.17, 15) is 4.39 Å². The Labute approximate surface area is 160 Å². The van der Waals surface area contributed by atoms with Crippen molar-refractivity contribution in [1.29, 1.82) is 0 Å². The zero-order chi connectivity index (χ0) is 18.7. The van der Waals surface area contributed by atoms with E-state index in [1.54, 1.807) is 12.4 Å². The molecule has 1 saturated heterocycles. The smallest absolute Gasteiger partial charge is 0.200 e. The molecule has 1 atom stereocenters. The first-order chi connectivity index (χ1) is 13.8. The molecular formula is C20H19FN6O. The van der Waals surface area contributed by atoms with Crippen LogP contribution < -0.4 is 4.90 Å². The van der Waals surface area contributed by atoms with Crippen molar-refractivity contribution in [3.8, 4) is 0 Å². The topological polar surface area (TPSA) is 72.9 Å². The lowest BCUT2D eigenvalue weighted by molar-refractivity contribution is 0.412. The molecule has 28 heavy (non-hydrogen) atoms. The summed E-state index contributed by atoms with van der Waals surface area (Å²) < 4.78 is 21.5. The number of imidazole rings is 1. The number of aromatic nitrogens is 5. The van der Waals surface area contributed by atoms with Gasteiger partial charge in [-0.25, -0.2) is 24.3 Å². The van der Waals surface area contributed by atoms with E-state index in [4.69, 9.17) is 4.42 Å². The van der Waals surface area contributed by atoms with Gasteiger partial charge in [-0.05, 0) is 37.8 Å². The third kappa shape index (κ3) is 2.55. The lowest BCUT2D eigenvalue weighted by Gasteiger charge is -2.32. The maximum Gasteiger partial charge on any atom is 0.200 e. The molecule has 142 valence electrons. The van der Waals surface area contributed by atoms with Crippen LogP contribution in [0, 0.1) is 5.82 Å². The first-order valence-corrected chi connectivity index (χ1v) is 9.75. The summed E-state index contributed by atoms with van der Waals surface area (Å²) in [5.74, 6) is 1.37. The number of rotatable bonds is 3. The number of benzene rings is 1. The normalized spacial score (nSPS) is 20.3. The fourth-order valence-corrected chi connectivity index (χ4v) is 4.15. The van der Waals surface area contributed by atoms with Gasteiger partial charge in [-0.3, -0.25) is 0 Å². The van der Waals surface area contributed by atoms with Crippen molar-refractivity contribution in [3.63, 3.8) is 0 Å². The number of piperidine rings is 1. The number of oxazole rings is 1. The lowest BCUT2D eigenvalue weighted by Crippen LogP contribution is -2.35. The van der Waals surface area contributed by atoms with Gasteiger partial charge in [0, 0.05) is 25.2 Å². The van der Waals surface area contributed by atoms with Crippen molar-refractivity contribution in [3.05, 3.63) is 42.6 Å². The molecule has 4 aromatic rings. The summed E-state index contributed by atoms with van der Waals surface area (Å²) in [6.45, 7) is 1.66. The molecule has 8 heteroatoms. The molecule has 0 spiro atoms. The van der Waals surface area contributed by atoms with E-state index in [1.807, 2.05) is 6.33 Å². The van der Waals surface area contributed by atoms with E-state index in [0.29, 0.717) is 23.0 Å². The van der Waals surface area contributed by atoms with Crippen molar-refractivity contribution in [1.82, 2.24) is 24.5 Å². The van der Waals surface area contributed by atoms with E-state index in [2.05, 4.69) is 29.4 Å². The predicted octanol–water partition coefficient (Wildman–Crippen LogP) is 3.83. The van der Waals surface area contributed by atoms with E-state index >= 15 is 0 Å². The molecule has 6 rings (SSSR count). The lowest BCUT2D eigenvalue weighted by atomic mass is 9.98. The van der Waals surface area contributed by atoms with Crippen molar-refractivity contribution >= 4 is 28.1 Å². The standard InChI is InChI=1S/C20H19FN6O/c21-13-3-6-15-16(8-13)28-20(25-15)12-2-1-7-26(9-12)18-17-19(23-10-22-18)27(11-24-17)14-4-5-14/h3,6,8,10-12,14H,1-2,4-5,7,9H2. The Morgan fingerprint density at radius 1 is 1.11 bits per heavy atom. The Kier molecular flexibility index (Phi) is 3.41. The molecule has 7 nitrogen and oxygen atoms in total. The summed E-state index contributed by atoms with van der Waals surface area (Å²) in [5.41, 5.74) is 2.96. The van der Waals surface area contributed by atoms with Crippen LogP contribution in [0.5, 0.6) is 0 Å². The van der Waals surface area contributed by atoms with Gasteiger partial charge >= 0.3 is 0 Å². The van der Waals surface area contributed by atoms with Crippen LogP contribution in [-0.2, 0) is 0 Å². The first kappa shape index (κ1) is 16.0. The predicted molar refractivity (Wildman–Crippen MR) is 102 cm³/mol. The average Bonchev–Trinajstić information content (AvgIpc) is 3.33. The van der Waals surface area contributed by atoms with Gasteiger partial charge in [-0.15, -0.1) is 0 Å². The van der Waals surface area contributed by atoms with Crippen LogP contribution in [0.25, 0.3) is 22.3 Å². The minimum Gasteiger partial charge on any atom is -0.440 e. The Bertz CT molecular complexity index is 1180. The van der Waals surface area contributed by atoms with Crippen LogP contribution >= 0.6 is 0 Å². The quantitative estimate of drug-likeness (QED) is 0.540. The summed E-state index contributed by atoms with van der Waals surface area (Å²) in [6.07, 6.45) is 7.88. The van der Waals surface area contributed by atoms with Gasteiger partial charge in [0.2, 0.25) is 0 Å². The van der Waals surface area contributed by atoms with Crippen molar-refractivity contribution in [2.75, 3.05) is 18.0 Å². The van der Waals surface area contributed by atoms with Gasteiger partial charge in [-0.2, -0.15) is 0 Å². The van der Waals surface area contributed by atoms with Gasteiger partial charge in [0.05, 0.1) is 12.2 Å². The Morgan fingerprint density at radius 3 is 2.93 bits per heavy atom. The second-order valence-electron chi connectivity index (χ2n) is 7.70. The molecule has 0 radical (unpaired) electrons. The number of hydrogen-bond donors (Lipinski definition) is 0. The molecule has 0 amide bonds. The Morgan fingerprint density at radius 2 is 2.04 bits per heavy atom. The largest absolute Gasteiger partial charge is 0.440 e. The monoisotopic (exact) mass is 378 g/mol. The van der Waals surface area contributed by atoms with Gasteiger partial charge in [-0.1, -0.05) is 0 Å². The maximum absolute atomic E-state index is 13.5. The molecule has 0 bridgehead atoms. The van der Waals surface area contributed by atoms with Gasteiger partial charge in [0.1, 0.15) is 17.7 Å². The summed E-state index contributed by atoms with van der Waals surface area (Å²) in [7, 11) is 0. The molecule has 1 aliphatic carbocycles. The molecule has 0 N–H and O–H groups in total. The second kappa shape index (κ2) is 5.98. The summed E-state index contributed by atoms with van der Waals surface area (Å²) >= 11 is 0. The van der Waals surface area contributed by atoms with Crippen molar-refractivity contribution < 1.29 is 8.81 Å². The van der Waals surface area contributed by atoms with Crippen LogP contribution in [0.15, 0.2) is 35.3 Å². The summed E-state index contributed by atoms with van der Waals surface area (Å²) in [5, 5.41) is 0. The third-order valence-corrected chi connectivity index (χ3v) is 5.72. The van der Waals surface area contributed by atoms with Crippen LogP contribution in [0.1, 0.15) is 43.5 Å². The van der Waals surface area contributed by atoms with Crippen LogP contribution in [0.4, 0.5) is 10.2 Å². The fourth-order valence-electron chi connectivity index (χ4n) is 4.15. The molecule has 2 fully saturated rings.